The number of hydrogen-bond acceptors (Lipinski definition) is 5. The average molecular weight is 502 g/mol. The SMILES string of the molecule is Bc1c(O)c(O)c2c3c(O)c(O)c(B)c(Br)c3n(-c3cccc(-c4ccccc4)c3)c2c1O. The summed E-state index contributed by atoms with van der Waals surface area (Å²) in [5, 5.41) is 53.8. The smallest absolute Gasteiger partial charge is 0.167 e. The van der Waals surface area contributed by atoms with Crippen molar-refractivity contribution in [2.24, 2.45) is 0 Å². The van der Waals surface area contributed by atoms with Crippen LogP contribution in [0.5, 0.6) is 28.7 Å². The zero-order valence-corrected chi connectivity index (χ0v) is 19.3. The normalized spacial score (nSPS) is 11.4. The van der Waals surface area contributed by atoms with E-state index in [4.69, 9.17) is 0 Å². The lowest BCUT2D eigenvalue weighted by atomic mass is 9.90. The highest BCUT2D eigenvalue weighted by Gasteiger charge is 2.29. The number of aromatic nitrogens is 1. The van der Waals surface area contributed by atoms with Crippen LogP contribution in [0.3, 0.4) is 0 Å². The number of hydrogen-bond donors (Lipinski definition) is 5. The van der Waals surface area contributed by atoms with Crippen molar-refractivity contribution in [1.29, 1.82) is 0 Å². The Bertz CT molecular complexity index is 1520. The van der Waals surface area contributed by atoms with Gasteiger partial charge in [-0.3, -0.25) is 0 Å². The summed E-state index contributed by atoms with van der Waals surface area (Å²) in [7, 11) is 3.13. The topological polar surface area (TPSA) is 106 Å². The van der Waals surface area contributed by atoms with Crippen LogP contribution in [0.15, 0.2) is 59.1 Å². The van der Waals surface area contributed by atoms with Crippen LogP contribution in [0.2, 0.25) is 0 Å². The molecule has 0 aliphatic rings. The van der Waals surface area contributed by atoms with Gasteiger partial charge in [0.15, 0.2) is 23.0 Å². The van der Waals surface area contributed by atoms with E-state index in [1.54, 1.807) is 12.4 Å². The number of nitrogens with zero attached hydrogens (tertiary/aromatic N) is 1. The standard InChI is InChI=1S/C24H18B2BrNO5/c25-15-17(27)18-13(20(29)23(15)32)14-19(22(31)16(26)24(33)21(14)30)28(18)12-8-4-7-11(9-12)10-5-2-1-3-6-10/h1-9,29-33H,25-26H2. The molecule has 5 rings (SSSR count). The summed E-state index contributed by atoms with van der Waals surface area (Å²) in [6.07, 6.45) is 0. The van der Waals surface area contributed by atoms with Crippen molar-refractivity contribution >= 4 is 64.4 Å². The van der Waals surface area contributed by atoms with Gasteiger partial charge in [-0.2, -0.15) is 0 Å². The summed E-state index contributed by atoms with van der Waals surface area (Å²) in [4.78, 5) is 0. The molecule has 0 saturated carbocycles. The number of halogens is 1. The highest BCUT2D eigenvalue weighted by Crippen LogP contribution is 2.50. The molecule has 0 amide bonds. The van der Waals surface area contributed by atoms with Crippen LogP contribution in [0.1, 0.15) is 0 Å². The first-order chi connectivity index (χ1) is 15.7. The van der Waals surface area contributed by atoms with Crippen LogP contribution in [-0.2, 0) is 0 Å². The molecule has 162 valence electrons. The van der Waals surface area contributed by atoms with Gasteiger partial charge in [0.05, 0.1) is 21.8 Å². The number of benzene rings is 4. The maximum Gasteiger partial charge on any atom is 0.167 e. The van der Waals surface area contributed by atoms with E-state index < -0.39 is 17.2 Å². The molecule has 1 heterocycles. The Morgan fingerprint density at radius 3 is 1.85 bits per heavy atom. The quantitative estimate of drug-likeness (QED) is 0.145. The number of aromatic hydroxyl groups is 5. The zero-order chi connectivity index (χ0) is 23.6. The summed E-state index contributed by atoms with van der Waals surface area (Å²) < 4.78 is 2.18. The molecule has 9 heteroatoms. The second-order valence-electron chi connectivity index (χ2n) is 8.01. The van der Waals surface area contributed by atoms with E-state index in [1.807, 2.05) is 54.6 Å². The summed E-state index contributed by atoms with van der Waals surface area (Å²) >= 11 is 3.52. The van der Waals surface area contributed by atoms with Gasteiger partial charge in [0.25, 0.3) is 0 Å². The number of phenolic OH excluding ortho intramolecular Hbond substituents is 5. The van der Waals surface area contributed by atoms with Gasteiger partial charge < -0.3 is 30.1 Å². The Labute approximate surface area is 198 Å². The Morgan fingerprint density at radius 1 is 0.606 bits per heavy atom. The molecule has 0 aliphatic heterocycles. The van der Waals surface area contributed by atoms with Crippen LogP contribution < -0.4 is 10.9 Å². The molecule has 0 spiro atoms. The predicted octanol–water partition coefficient (Wildman–Crippen LogP) is 2.26. The van der Waals surface area contributed by atoms with Gasteiger partial charge in [0.2, 0.25) is 0 Å². The molecule has 0 atom stereocenters. The molecule has 0 saturated heterocycles. The fraction of sp³-hybridized carbons (Fsp3) is 0. The Balaban J connectivity index is 2.02. The minimum atomic E-state index is -0.493. The Morgan fingerprint density at radius 2 is 1.18 bits per heavy atom. The van der Waals surface area contributed by atoms with E-state index in [1.165, 1.54) is 7.85 Å². The first-order valence-corrected chi connectivity index (χ1v) is 11.0. The number of fused-ring (bicyclic) bond motifs is 3. The van der Waals surface area contributed by atoms with Crippen molar-refractivity contribution in [1.82, 2.24) is 4.57 Å². The predicted molar refractivity (Wildman–Crippen MR) is 139 cm³/mol. The largest absolute Gasteiger partial charge is 0.506 e. The van der Waals surface area contributed by atoms with Gasteiger partial charge in [-0.15, -0.1) is 0 Å². The molecular formula is C24H18B2BrNO5. The maximum absolute atomic E-state index is 11.1. The van der Waals surface area contributed by atoms with Crippen molar-refractivity contribution < 1.29 is 25.5 Å². The highest BCUT2D eigenvalue weighted by atomic mass is 79.9. The second-order valence-corrected chi connectivity index (χ2v) is 8.80. The molecule has 5 N–H and O–H groups in total. The third-order valence-corrected chi connectivity index (χ3v) is 7.10. The van der Waals surface area contributed by atoms with Crippen molar-refractivity contribution in [3.63, 3.8) is 0 Å². The molecule has 4 aromatic carbocycles. The monoisotopic (exact) mass is 501 g/mol. The second kappa shape index (κ2) is 7.42. The molecule has 33 heavy (non-hydrogen) atoms. The average Bonchev–Trinajstić information content (AvgIpc) is 3.20. The van der Waals surface area contributed by atoms with Crippen LogP contribution in [0.25, 0.3) is 38.6 Å². The maximum atomic E-state index is 11.1. The summed E-state index contributed by atoms with van der Waals surface area (Å²) in [6.45, 7) is 0. The molecule has 5 aromatic rings. The molecule has 0 fully saturated rings. The van der Waals surface area contributed by atoms with Crippen molar-refractivity contribution in [3.8, 4) is 45.6 Å². The summed E-state index contributed by atoms with van der Waals surface area (Å²) in [6, 6.07) is 17.4. The minimum absolute atomic E-state index is 0.0317. The lowest BCUT2D eigenvalue weighted by Gasteiger charge is -2.14. The molecule has 0 unspecified atom stereocenters. The molecule has 1 aromatic heterocycles. The van der Waals surface area contributed by atoms with Gasteiger partial charge in [0, 0.05) is 10.2 Å². The zero-order valence-electron chi connectivity index (χ0n) is 17.8. The van der Waals surface area contributed by atoms with E-state index in [0.29, 0.717) is 21.1 Å². The molecule has 0 radical (unpaired) electrons. The Kier molecular flexibility index (Phi) is 4.76. The highest BCUT2D eigenvalue weighted by molar-refractivity contribution is 9.10. The molecule has 6 nitrogen and oxygen atoms in total. The molecule has 0 aliphatic carbocycles. The fourth-order valence-corrected chi connectivity index (χ4v) is 4.91. The first kappa shape index (κ1) is 21.2. The molecular weight excluding hydrogens is 484 g/mol. The van der Waals surface area contributed by atoms with E-state index in [-0.39, 0.29) is 33.3 Å². The van der Waals surface area contributed by atoms with Crippen molar-refractivity contribution in [2.75, 3.05) is 0 Å². The van der Waals surface area contributed by atoms with E-state index in [2.05, 4.69) is 15.9 Å². The minimum Gasteiger partial charge on any atom is -0.506 e. The Hall–Kier alpha value is -3.71. The van der Waals surface area contributed by atoms with Gasteiger partial charge in [-0.1, -0.05) is 42.5 Å². The lowest BCUT2D eigenvalue weighted by molar-refractivity contribution is 0.405. The van der Waals surface area contributed by atoms with Crippen LogP contribution in [0.4, 0.5) is 0 Å². The third kappa shape index (κ3) is 2.89. The van der Waals surface area contributed by atoms with Crippen molar-refractivity contribution in [3.05, 3.63) is 59.1 Å². The lowest BCUT2D eigenvalue weighted by Crippen LogP contribution is -2.08. The van der Waals surface area contributed by atoms with E-state index in [0.717, 1.165) is 11.1 Å². The van der Waals surface area contributed by atoms with E-state index in [9.17, 15) is 25.5 Å². The van der Waals surface area contributed by atoms with Crippen molar-refractivity contribution in [2.45, 2.75) is 0 Å². The molecule has 0 bridgehead atoms. The fourth-order valence-electron chi connectivity index (χ4n) is 4.34. The number of phenols is 5. The van der Waals surface area contributed by atoms with Crippen LogP contribution >= 0.6 is 15.9 Å². The summed E-state index contributed by atoms with van der Waals surface area (Å²) in [5.74, 6) is -2.04. The van der Waals surface area contributed by atoms with Gasteiger partial charge in [0.1, 0.15) is 21.4 Å². The van der Waals surface area contributed by atoms with Gasteiger partial charge in [-0.05, 0) is 50.1 Å². The van der Waals surface area contributed by atoms with Gasteiger partial charge >= 0.3 is 0 Å². The van der Waals surface area contributed by atoms with Crippen LogP contribution in [-0.4, -0.2) is 45.8 Å². The first-order valence-electron chi connectivity index (χ1n) is 10.2. The van der Waals surface area contributed by atoms with E-state index >= 15 is 0 Å². The third-order valence-electron chi connectivity index (χ3n) is 6.13. The van der Waals surface area contributed by atoms with Gasteiger partial charge in [-0.25, -0.2) is 0 Å². The summed E-state index contributed by atoms with van der Waals surface area (Å²) in [5.41, 5.74) is 3.70. The number of rotatable bonds is 2. The van der Waals surface area contributed by atoms with Crippen LogP contribution in [0, 0.1) is 0 Å².